The van der Waals surface area contributed by atoms with Crippen molar-refractivity contribution in [3.05, 3.63) is 64.3 Å². The third-order valence-corrected chi connectivity index (χ3v) is 11.8. The van der Waals surface area contributed by atoms with Gasteiger partial charge in [0.2, 0.25) is 0 Å². The lowest BCUT2D eigenvalue weighted by molar-refractivity contribution is -0.160. The molecule has 9 heteroatoms. The number of benzene rings is 1. The molecule has 9 nitrogen and oxygen atoms in total. The standard InChI is InChI=1S/C38H44O9/c1-18(2)9-10-23-31-27(26-22(19(3)4)12-13-36(8,45-31)34(26)43)30(41)28-29(40)24-15-21-16-25-35(6,7)47-37(33(21)42,14-11-20(5)44-17-39)38(24,25)46-32(23)28/h9,11,14-15,17,20-22,25-26,34,41,43H,3,10,12-13,16H2,1-2,4-8H3/t20?,21?,22?,25?,26-,34?,36-,37?,38-/m1/s1. The molecule has 1 spiro atoms. The van der Waals surface area contributed by atoms with Gasteiger partial charge in [0.15, 0.2) is 22.8 Å². The Morgan fingerprint density at radius 2 is 1.89 bits per heavy atom. The molecule has 0 amide bonds. The molecule has 1 aromatic carbocycles. The summed E-state index contributed by atoms with van der Waals surface area (Å²) in [4.78, 5) is 40.4. The van der Waals surface area contributed by atoms with Crippen LogP contribution in [-0.4, -0.2) is 62.9 Å². The van der Waals surface area contributed by atoms with Crippen molar-refractivity contribution >= 4 is 18.0 Å². The molecule has 2 N–H and O–H groups in total. The van der Waals surface area contributed by atoms with Gasteiger partial charge in [0.05, 0.1) is 5.60 Å². The fourth-order valence-corrected chi connectivity index (χ4v) is 9.51. The molecule has 47 heavy (non-hydrogen) atoms. The van der Waals surface area contributed by atoms with E-state index in [0.717, 1.165) is 11.1 Å². The van der Waals surface area contributed by atoms with Crippen molar-refractivity contribution in [3.63, 3.8) is 0 Å². The van der Waals surface area contributed by atoms with E-state index in [0.29, 0.717) is 49.0 Å². The van der Waals surface area contributed by atoms with Crippen molar-refractivity contribution < 1.29 is 43.5 Å². The van der Waals surface area contributed by atoms with Crippen LogP contribution in [0.1, 0.15) is 95.1 Å². The zero-order chi connectivity index (χ0) is 34.0. The van der Waals surface area contributed by atoms with Crippen molar-refractivity contribution in [3.8, 4) is 17.2 Å². The molecule has 1 aromatic rings. The summed E-state index contributed by atoms with van der Waals surface area (Å²) < 4.78 is 25.7. The number of ether oxygens (including phenoxy) is 4. The fourth-order valence-electron chi connectivity index (χ4n) is 9.51. The van der Waals surface area contributed by atoms with Crippen LogP contribution in [-0.2, 0) is 25.5 Å². The van der Waals surface area contributed by atoms with Crippen molar-refractivity contribution in [2.45, 2.75) is 115 Å². The van der Waals surface area contributed by atoms with Gasteiger partial charge >= 0.3 is 0 Å². The summed E-state index contributed by atoms with van der Waals surface area (Å²) in [6.07, 6.45) is 7.35. The number of rotatable bonds is 7. The number of phenolic OH excluding ortho intramolecular Hbond substituents is 1. The molecule has 6 unspecified atom stereocenters. The minimum atomic E-state index is -1.69. The largest absolute Gasteiger partial charge is 0.507 e. The van der Waals surface area contributed by atoms with E-state index in [4.69, 9.17) is 18.9 Å². The van der Waals surface area contributed by atoms with Gasteiger partial charge in [-0.1, -0.05) is 29.9 Å². The molecular formula is C38H44O9. The number of carbonyl (C=O) groups is 3. The highest BCUT2D eigenvalue weighted by atomic mass is 16.6. The number of Topliss-reactive ketones (excluding diaryl/α,β-unsaturated/α-hetero) is 2. The van der Waals surface area contributed by atoms with Gasteiger partial charge in [-0.05, 0) is 92.2 Å². The smallest absolute Gasteiger partial charge is 0.293 e. The number of ketones is 2. The van der Waals surface area contributed by atoms with Gasteiger partial charge in [-0.2, -0.15) is 0 Å². The average molecular weight is 645 g/mol. The van der Waals surface area contributed by atoms with Crippen LogP contribution in [0, 0.1) is 17.8 Å². The molecule has 6 bridgehead atoms. The summed E-state index contributed by atoms with van der Waals surface area (Å²) in [5, 5.41) is 23.9. The Morgan fingerprint density at radius 1 is 1.17 bits per heavy atom. The SMILES string of the molecule is C=C(C)C1CC[C@@]2(C)Oc3c(CC=C(C)C)c4c(c(O)c3[C@@H]1C2O)C(=O)C1=CC2CC3C(C)(C)OC(C=CC(C)OC=O)(C2=O)[C@@]13O4. The monoisotopic (exact) mass is 644 g/mol. The maximum atomic E-state index is 15.0. The van der Waals surface area contributed by atoms with Gasteiger partial charge in [0.1, 0.15) is 40.6 Å². The second kappa shape index (κ2) is 10.2. The average Bonchev–Trinajstić information content (AvgIpc) is 3.14. The first kappa shape index (κ1) is 31.9. The quantitative estimate of drug-likeness (QED) is 0.288. The Labute approximate surface area is 275 Å². The Balaban J connectivity index is 1.53. The first-order valence-corrected chi connectivity index (χ1v) is 16.6. The van der Waals surface area contributed by atoms with Crippen molar-refractivity contribution in [1.82, 2.24) is 0 Å². The zero-order valence-electron chi connectivity index (χ0n) is 28.1. The Kier molecular flexibility index (Phi) is 6.89. The fraction of sp³-hybridized carbons (Fsp3) is 0.553. The number of aromatic hydroxyl groups is 1. The number of fused-ring (bicyclic) bond motifs is 5. The molecule has 8 rings (SSSR count). The maximum Gasteiger partial charge on any atom is 0.293 e. The molecule has 3 aliphatic heterocycles. The van der Waals surface area contributed by atoms with Crippen molar-refractivity contribution in [1.29, 1.82) is 0 Å². The molecule has 2 saturated carbocycles. The first-order chi connectivity index (χ1) is 22.0. The number of carbonyl (C=O) groups excluding carboxylic acids is 3. The van der Waals surface area contributed by atoms with Gasteiger partial charge in [-0.25, -0.2) is 0 Å². The molecule has 7 aliphatic rings. The summed E-state index contributed by atoms with van der Waals surface area (Å²) in [7, 11) is 0. The molecule has 0 aromatic heterocycles. The molecule has 3 heterocycles. The summed E-state index contributed by atoms with van der Waals surface area (Å²) in [6.45, 7) is 17.8. The lowest BCUT2D eigenvalue weighted by Gasteiger charge is -2.56. The van der Waals surface area contributed by atoms with Gasteiger partial charge in [-0.3, -0.25) is 14.4 Å². The molecule has 0 radical (unpaired) electrons. The van der Waals surface area contributed by atoms with Crippen LogP contribution in [0.5, 0.6) is 17.2 Å². The number of aliphatic hydroxyl groups excluding tert-OH is 1. The van der Waals surface area contributed by atoms with E-state index in [9.17, 15) is 24.6 Å². The molecule has 9 atom stereocenters. The second-order valence-corrected chi connectivity index (χ2v) is 15.4. The lowest BCUT2D eigenvalue weighted by atomic mass is 9.51. The third kappa shape index (κ3) is 3.99. The highest BCUT2D eigenvalue weighted by Gasteiger charge is 2.81. The summed E-state index contributed by atoms with van der Waals surface area (Å²) >= 11 is 0. The van der Waals surface area contributed by atoms with Gasteiger partial charge in [0.25, 0.3) is 6.47 Å². The van der Waals surface area contributed by atoms with Crippen LogP contribution in [0.4, 0.5) is 0 Å². The predicted molar refractivity (Wildman–Crippen MR) is 173 cm³/mol. The third-order valence-electron chi connectivity index (χ3n) is 11.8. The van der Waals surface area contributed by atoms with Crippen molar-refractivity contribution in [2.24, 2.45) is 17.8 Å². The second-order valence-electron chi connectivity index (χ2n) is 15.4. The number of aliphatic hydroxyl groups is 1. The van der Waals surface area contributed by atoms with E-state index in [1.54, 1.807) is 25.2 Å². The van der Waals surface area contributed by atoms with Crippen LogP contribution < -0.4 is 9.47 Å². The van der Waals surface area contributed by atoms with Gasteiger partial charge in [0, 0.05) is 34.5 Å². The van der Waals surface area contributed by atoms with E-state index >= 15 is 0 Å². The van der Waals surface area contributed by atoms with Gasteiger partial charge in [-0.15, -0.1) is 0 Å². The maximum absolute atomic E-state index is 15.0. The summed E-state index contributed by atoms with van der Waals surface area (Å²) in [5.74, 6) is -2.05. The van der Waals surface area contributed by atoms with E-state index in [1.807, 2.05) is 47.6 Å². The minimum Gasteiger partial charge on any atom is -0.507 e. The summed E-state index contributed by atoms with van der Waals surface area (Å²) in [5.41, 5.74) is -1.86. The van der Waals surface area contributed by atoms with Gasteiger partial charge < -0.3 is 29.2 Å². The highest BCUT2D eigenvalue weighted by Crippen LogP contribution is 2.69. The molecule has 250 valence electrons. The zero-order valence-corrected chi connectivity index (χ0v) is 28.1. The van der Waals surface area contributed by atoms with Crippen LogP contribution in [0.25, 0.3) is 0 Å². The van der Waals surface area contributed by atoms with Crippen molar-refractivity contribution in [2.75, 3.05) is 0 Å². The minimum absolute atomic E-state index is 0.0113. The Hall–Kier alpha value is -3.69. The lowest BCUT2D eigenvalue weighted by Crippen LogP contribution is -2.71. The van der Waals surface area contributed by atoms with Crippen LogP contribution in [0.15, 0.2) is 47.6 Å². The predicted octanol–water partition coefficient (Wildman–Crippen LogP) is 5.61. The van der Waals surface area contributed by atoms with E-state index in [1.165, 1.54) is 0 Å². The number of allylic oxidation sites excluding steroid dienone is 4. The van der Waals surface area contributed by atoms with E-state index < -0.39 is 58.1 Å². The normalized spacial score (nSPS) is 37.5. The van der Waals surface area contributed by atoms with Crippen LogP contribution >= 0.6 is 0 Å². The summed E-state index contributed by atoms with van der Waals surface area (Å²) in [6, 6.07) is 0. The molecule has 1 saturated heterocycles. The number of hydrogen-bond acceptors (Lipinski definition) is 9. The number of phenols is 1. The highest BCUT2D eigenvalue weighted by molar-refractivity contribution is 6.19. The molecular weight excluding hydrogens is 600 g/mol. The Bertz CT molecular complexity index is 1730. The topological polar surface area (TPSA) is 129 Å². The number of hydrogen-bond donors (Lipinski definition) is 2. The van der Waals surface area contributed by atoms with E-state index in [2.05, 4.69) is 6.58 Å². The van der Waals surface area contributed by atoms with Crippen LogP contribution in [0.3, 0.4) is 0 Å². The molecule has 4 aliphatic carbocycles. The van der Waals surface area contributed by atoms with E-state index in [-0.39, 0.29) is 34.3 Å². The molecule has 3 fully saturated rings. The first-order valence-electron chi connectivity index (χ1n) is 16.6. The Morgan fingerprint density at radius 3 is 2.55 bits per heavy atom. The van der Waals surface area contributed by atoms with Crippen LogP contribution in [0.2, 0.25) is 0 Å².